The Bertz CT molecular complexity index is 444. The lowest BCUT2D eigenvalue weighted by molar-refractivity contribution is 0.635. The van der Waals surface area contributed by atoms with E-state index >= 15 is 0 Å². The number of benzene rings is 1. The van der Waals surface area contributed by atoms with Crippen LogP contribution in [0.1, 0.15) is 20.8 Å². The van der Waals surface area contributed by atoms with E-state index in [4.69, 9.17) is 4.78 Å². The molecule has 84 valence electrons. The fraction of sp³-hybridized carbons (Fsp3) is 0.455. The maximum absolute atomic E-state index is 12.4. The van der Waals surface area contributed by atoms with E-state index in [1.165, 1.54) is 11.8 Å². The molecule has 0 aromatic heterocycles. The lowest BCUT2D eigenvalue weighted by atomic mass is 10.3. The summed E-state index contributed by atoms with van der Waals surface area (Å²) in [6.07, 6.45) is 1.94. The maximum Gasteiger partial charge on any atom is 0.0787 e. The monoisotopic (exact) mass is 243 g/mol. The van der Waals surface area contributed by atoms with Crippen LogP contribution in [0.2, 0.25) is 0 Å². The first kappa shape index (κ1) is 12.6. The molecule has 1 aromatic carbocycles. The molecule has 0 saturated heterocycles. The topological polar surface area (TPSA) is 40.9 Å². The molecule has 1 unspecified atom stereocenters. The van der Waals surface area contributed by atoms with Gasteiger partial charge in [-0.2, -0.15) is 0 Å². The highest BCUT2D eigenvalue weighted by Crippen LogP contribution is 2.32. The van der Waals surface area contributed by atoms with Crippen molar-refractivity contribution in [1.29, 1.82) is 4.78 Å². The Morgan fingerprint density at radius 2 is 1.80 bits per heavy atom. The van der Waals surface area contributed by atoms with Crippen molar-refractivity contribution in [3.05, 3.63) is 24.3 Å². The van der Waals surface area contributed by atoms with Gasteiger partial charge in [-0.25, -0.2) is 8.99 Å². The van der Waals surface area contributed by atoms with Crippen LogP contribution in [0.15, 0.2) is 34.1 Å². The van der Waals surface area contributed by atoms with E-state index in [0.717, 1.165) is 4.90 Å². The average molecular weight is 243 g/mol. The van der Waals surface area contributed by atoms with E-state index in [-0.39, 0.29) is 0 Å². The van der Waals surface area contributed by atoms with E-state index in [0.29, 0.717) is 4.90 Å². The molecule has 0 amide bonds. The van der Waals surface area contributed by atoms with E-state index < -0.39 is 14.5 Å². The van der Waals surface area contributed by atoms with Gasteiger partial charge in [-0.1, -0.05) is 12.1 Å². The van der Waals surface area contributed by atoms with Gasteiger partial charge in [0.1, 0.15) is 0 Å². The van der Waals surface area contributed by atoms with Crippen molar-refractivity contribution < 1.29 is 4.21 Å². The van der Waals surface area contributed by atoms with Gasteiger partial charge in [-0.15, -0.1) is 11.8 Å². The van der Waals surface area contributed by atoms with Crippen LogP contribution in [0.25, 0.3) is 0 Å². The molecule has 0 aliphatic carbocycles. The van der Waals surface area contributed by atoms with Crippen molar-refractivity contribution in [1.82, 2.24) is 0 Å². The molecular weight excluding hydrogens is 226 g/mol. The Morgan fingerprint density at radius 3 is 2.27 bits per heavy atom. The summed E-state index contributed by atoms with van der Waals surface area (Å²) in [7, 11) is -2.74. The number of nitrogens with one attached hydrogen (secondary N) is 1. The molecule has 0 bridgehead atoms. The first-order valence-corrected chi connectivity index (χ1v) is 7.50. The third kappa shape index (κ3) is 2.37. The Morgan fingerprint density at radius 1 is 1.27 bits per heavy atom. The zero-order chi connectivity index (χ0) is 11.7. The van der Waals surface area contributed by atoms with Gasteiger partial charge in [0.05, 0.1) is 14.6 Å². The summed E-state index contributed by atoms with van der Waals surface area (Å²) in [6, 6.07) is 7.47. The second-order valence-electron chi connectivity index (χ2n) is 4.32. The van der Waals surface area contributed by atoms with Gasteiger partial charge in [0.15, 0.2) is 0 Å². The summed E-state index contributed by atoms with van der Waals surface area (Å²) in [6.45, 7) is 5.54. The van der Waals surface area contributed by atoms with Crippen LogP contribution in [0.4, 0.5) is 0 Å². The zero-order valence-corrected chi connectivity index (χ0v) is 11.2. The van der Waals surface area contributed by atoms with Crippen molar-refractivity contribution >= 4 is 21.5 Å². The Hall–Kier alpha value is -0.480. The average Bonchev–Trinajstić information content (AvgIpc) is 2.16. The van der Waals surface area contributed by atoms with Crippen LogP contribution in [0.3, 0.4) is 0 Å². The van der Waals surface area contributed by atoms with Crippen LogP contribution in [-0.2, 0) is 9.73 Å². The van der Waals surface area contributed by atoms with Gasteiger partial charge in [-0.3, -0.25) is 0 Å². The van der Waals surface area contributed by atoms with Gasteiger partial charge in [0, 0.05) is 9.64 Å². The van der Waals surface area contributed by atoms with Crippen LogP contribution in [0.5, 0.6) is 0 Å². The minimum atomic E-state index is -2.74. The van der Waals surface area contributed by atoms with E-state index in [1.54, 1.807) is 6.07 Å². The highest BCUT2D eigenvalue weighted by molar-refractivity contribution is 8.00. The minimum absolute atomic E-state index is 0.529. The van der Waals surface area contributed by atoms with Crippen LogP contribution < -0.4 is 0 Å². The lowest BCUT2D eigenvalue weighted by Crippen LogP contribution is -2.27. The molecule has 1 rings (SSSR count). The molecule has 1 N–H and O–H groups in total. The highest BCUT2D eigenvalue weighted by atomic mass is 32.2. The highest BCUT2D eigenvalue weighted by Gasteiger charge is 2.28. The number of rotatable bonds is 2. The minimum Gasteiger partial charge on any atom is -0.248 e. The third-order valence-corrected chi connectivity index (χ3v) is 5.87. The predicted octanol–water partition coefficient (Wildman–Crippen LogP) is 3.61. The summed E-state index contributed by atoms with van der Waals surface area (Å²) in [5.74, 6) is 0. The largest absolute Gasteiger partial charge is 0.248 e. The first-order valence-electron chi connectivity index (χ1n) is 4.72. The Balaban J connectivity index is 3.41. The van der Waals surface area contributed by atoms with Crippen molar-refractivity contribution in [3.63, 3.8) is 0 Å². The lowest BCUT2D eigenvalue weighted by Gasteiger charge is -2.24. The van der Waals surface area contributed by atoms with Crippen LogP contribution in [-0.4, -0.2) is 15.2 Å². The Labute approximate surface area is 96.4 Å². The Kier molecular flexibility index (Phi) is 3.51. The molecule has 4 heteroatoms. The molecule has 0 aliphatic heterocycles. The molecule has 1 aromatic rings. The number of hydrogen-bond acceptors (Lipinski definition) is 3. The van der Waals surface area contributed by atoms with Gasteiger partial charge in [0.25, 0.3) is 0 Å². The van der Waals surface area contributed by atoms with Crippen molar-refractivity contribution in [2.24, 2.45) is 0 Å². The van der Waals surface area contributed by atoms with E-state index in [1.807, 2.05) is 45.2 Å². The summed E-state index contributed by atoms with van der Waals surface area (Å²) >= 11 is 1.54. The molecule has 1 atom stereocenters. The van der Waals surface area contributed by atoms with Crippen molar-refractivity contribution in [2.45, 2.75) is 35.3 Å². The van der Waals surface area contributed by atoms with Crippen LogP contribution >= 0.6 is 11.8 Å². The number of hydrogen-bond donors (Lipinski definition) is 1. The number of thioether (sulfide) groups is 1. The van der Waals surface area contributed by atoms with Gasteiger partial charge in [-0.05, 0) is 39.2 Å². The molecule has 2 nitrogen and oxygen atoms in total. The third-order valence-electron chi connectivity index (χ3n) is 2.24. The molecule has 0 spiro atoms. The zero-order valence-electron chi connectivity index (χ0n) is 9.53. The second-order valence-corrected chi connectivity index (χ2v) is 7.94. The van der Waals surface area contributed by atoms with E-state index in [9.17, 15) is 4.21 Å². The van der Waals surface area contributed by atoms with Gasteiger partial charge >= 0.3 is 0 Å². The molecule has 0 fully saturated rings. The fourth-order valence-electron chi connectivity index (χ4n) is 1.19. The summed E-state index contributed by atoms with van der Waals surface area (Å²) in [4.78, 5) is 1.59. The van der Waals surface area contributed by atoms with Crippen molar-refractivity contribution in [3.8, 4) is 0 Å². The quantitative estimate of drug-likeness (QED) is 0.806. The molecule has 0 saturated carbocycles. The fourth-order valence-corrected chi connectivity index (χ4v) is 3.55. The SMILES string of the molecule is CSc1ccccc1S(=N)(=O)C(C)(C)C. The maximum atomic E-state index is 12.4. The van der Waals surface area contributed by atoms with Gasteiger partial charge in [0.2, 0.25) is 0 Å². The summed E-state index contributed by atoms with van der Waals surface area (Å²) in [5, 5.41) is 0. The van der Waals surface area contributed by atoms with Crippen molar-refractivity contribution in [2.75, 3.05) is 6.26 Å². The molecule has 0 radical (unpaired) electrons. The van der Waals surface area contributed by atoms with E-state index in [2.05, 4.69) is 0 Å². The molecular formula is C11H17NOS2. The summed E-state index contributed by atoms with van der Waals surface area (Å²) in [5.41, 5.74) is 0. The smallest absolute Gasteiger partial charge is 0.0787 e. The molecule has 0 aliphatic rings. The molecule has 0 heterocycles. The summed E-state index contributed by atoms with van der Waals surface area (Å²) < 4.78 is 20.0. The second kappa shape index (κ2) is 4.18. The van der Waals surface area contributed by atoms with Crippen LogP contribution in [0, 0.1) is 4.78 Å². The molecule has 15 heavy (non-hydrogen) atoms. The normalized spacial score (nSPS) is 16.0. The van der Waals surface area contributed by atoms with Gasteiger partial charge < -0.3 is 0 Å². The predicted molar refractivity (Wildman–Crippen MR) is 67.1 cm³/mol. The standard InChI is InChI=1S/C11H17NOS2/c1-11(2,3)15(12,13)10-8-6-5-7-9(10)14-4/h5-8,12H,1-4H3. The first-order chi connectivity index (χ1) is 6.80.